The molecule has 2 aromatic rings. The minimum Gasteiger partial charge on any atom is -0.318 e. The Hall–Kier alpha value is -2.94. The number of hydrogen-bond acceptors (Lipinski definition) is 6. The molecular formula is C12H14N6O3. The molecular weight excluding hydrogens is 276 g/mol. The minimum atomic E-state index is -0.582. The van der Waals surface area contributed by atoms with Crippen LogP contribution in [0.15, 0.2) is 24.3 Å². The van der Waals surface area contributed by atoms with E-state index in [1.807, 2.05) is 0 Å². The van der Waals surface area contributed by atoms with E-state index < -0.39 is 10.8 Å². The second-order valence-corrected chi connectivity index (χ2v) is 4.38. The molecule has 0 unspecified atom stereocenters. The number of nitro benzene ring substituents is 1. The number of nitrogens with one attached hydrogen (secondary N) is 2. The Bertz CT molecular complexity index is 709. The zero-order valence-electron chi connectivity index (χ0n) is 11.5. The Morgan fingerprint density at radius 1 is 1.43 bits per heavy atom. The maximum Gasteiger partial charge on any atom is 0.293 e. The van der Waals surface area contributed by atoms with E-state index in [2.05, 4.69) is 15.8 Å². The topological polar surface area (TPSA) is 128 Å². The number of benzene rings is 1. The van der Waals surface area contributed by atoms with Crippen molar-refractivity contribution in [3.05, 3.63) is 45.6 Å². The predicted molar refractivity (Wildman–Crippen MR) is 76.8 cm³/mol. The van der Waals surface area contributed by atoms with Gasteiger partial charge in [0.2, 0.25) is 0 Å². The van der Waals surface area contributed by atoms with Gasteiger partial charge in [0.15, 0.2) is 0 Å². The van der Waals surface area contributed by atoms with Gasteiger partial charge in [0.25, 0.3) is 11.6 Å². The molecule has 21 heavy (non-hydrogen) atoms. The van der Waals surface area contributed by atoms with Crippen molar-refractivity contribution in [2.75, 3.05) is 10.7 Å². The molecule has 110 valence electrons. The third kappa shape index (κ3) is 2.98. The fourth-order valence-electron chi connectivity index (χ4n) is 1.87. The number of carbonyl (C=O) groups is 1. The first-order valence-electron chi connectivity index (χ1n) is 5.99. The second kappa shape index (κ2) is 5.59. The molecule has 9 heteroatoms. The van der Waals surface area contributed by atoms with Gasteiger partial charge in [-0.05, 0) is 19.1 Å². The van der Waals surface area contributed by atoms with E-state index in [1.165, 1.54) is 22.9 Å². The van der Waals surface area contributed by atoms with Crippen LogP contribution in [0, 0.1) is 17.0 Å². The number of carbonyl (C=O) groups excluding carboxylic acids is 1. The number of nitro groups is 1. The average Bonchev–Trinajstić information content (AvgIpc) is 2.75. The van der Waals surface area contributed by atoms with Crippen LogP contribution >= 0.6 is 0 Å². The first kappa shape index (κ1) is 14.5. The summed E-state index contributed by atoms with van der Waals surface area (Å²) in [5.41, 5.74) is 3.08. The summed E-state index contributed by atoms with van der Waals surface area (Å²) in [7, 11) is 1.70. The molecule has 0 saturated carbocycles. The molecule has 0 atom stereocenters. The van der Waals surface area contributed by atoms with Crippen LogP contribution in [0.3, 0.4) is 0 Å². The number of anilines is 2. The maximum atomic E-state index is 12.1. The van der Waals surface area contributed by atoms with Crippen molar-refractivity contribution in [2.24, 2.45) is 12.9 Å². The monoisotopic (exact) mass is 290 g/mol. The van der Waals surface area contributed by atoms with Crippen molar-refractivity contribution >= 4 is 23.1 Å². The van der Waals surface area contributed by atoms with Crippen LogP contribution in [0.1, 0.15) is 16.1 Å². The van der Waals surface area contributed by atoms with Crippen molar-refractivity contribution in [3.8, 4) is 0 Å². The van der Waals surface area contributed by atoms with Crippen LogP contribution in [0.25, 0.3) is 0 Å². The van der Waals surface area contributed by atoms with Gasteiger partial charge < -0.3 is 10.7 Å². The SMILES string of the molecule is Cc1cc(NC(=O)c2ccc([N+](=O)[O-])c(NN)c2)n(C)n1. The zero-order valence-corrected chi connectivity index (χ0v) is 11.5. The van der Waals surface area contributed by atoms with E-state index in [9.17, 15) is 14.9 Å². The third-order valence-electron chi connectivity index (χ3n) is 2.85. The van der Waals surface area contributed by atoms with Gasteiger partial charge >= 0.3 is 0 Å². The normalized spacial score (nSPS) is 10.2. The molecule has 9 nitrogen and oxygen atoms in total. The first-order valence-corrected chi connectivity index (χ1v) is 5.99. The third-order valence-corrected chi connectivity index (χ3v) is 2.85. The van der Waals surface area contributed by atoms with Crippen molar-refractivity contribution in [1.29, 1.82) is 0 Å². The molecule has 2 rings (SSSR count). The van der Waals surface area contributed by atoms with Gasteiger partial charge in [0.1, 0.15) is 11.5 Å². The number of aromatic nitrogens is 2. The minimum absolute atomic E-state index is 0.0637. The van der Waals surface area contributed by atoms with Crippen molar-refractivity contribution in [1.82, 2.24) is 9.78 Å². The van der Waals surface area contributed by atoms with Gasteiger partial charge in [-0.3, -0.25) is 25.4 Å². The fraction of sp³-hybridized carbons (Fsp3) is 0.167. The maximum absolute atomic E-state index is 12.1. The van der Waals surface area contributed by atoms with Gasteiger partial charge in [0.05, 0.1) is 10.6 Å². The number of nitrogen functional groups attached to an aromatic ring is 1. The number of hydrazine groups is 1. The highest BCUT2D eigenvalue weighted by Crippen LogP contribution is 2.24. The summed E-state index contributed by atoms with van der Waals surface area (Å²) in [6, 6.07) is 5.61. The Balaban J connectivity index is 2.27. The standard InChI is InChI=1S/C12H14N6O3/c1-7-5-11(17(2)16-7)14-12(19)8-3-4-10(18(20)21)9(6-8)15-13/h3-6,15H,13H2,1-2H3,(H,14,19). The Morgan fingerprint density at radius 3 is 2.67 bits per heavy atom. The Labute approximate surface area is 119 Å². The zero-order chi connectivity index (χ0) is 15.6. The van der Waals surface area contributed by atoms with Gasteiger partial charge in [-0.15, -0.1) is 0 Å². The number of rotatable bonds is 4. The molecule has 0 aliphatic rings. The van der Waals surface area contributed by atoms with E-state index in [-0.39, 0.29) is 16.9 Å². The number of amides is 1. The van der Waals surface area contributed by atoms with Crippen molar-refractivity contribution < 1.29 is 9.72 Å². The molecule has 0 aliphatic carbocycles. The van der Waals surface area contributed by atoms with Crippen LogP contribution in [0.4, 0.5) is 17.2 Å². The summed E-state index contributed by atoms with van der Waals surface area (Å²) in [6.07, 6.45) is 0. The van der Waals surface area contributed by atoms with Crippen molar-refractivity contribution in [2.45, 2.75) is 6.92 Å². The molecule has 0 spiro atoms. The predicted octanol–water partition coefficient (Wildman–Crippen LogP) is 1.17. The summed E-state index contributed by atoms with van der Waals surface area (Å²) in [4.78, 5) is 22.4. The average molecular weight is 290 g/mol. The van der Waals surface area contributed by atoms with Crippen LogP contribution in [-0.4, -0.2) is 20.6 Å². The molecule has 0 bridgehead atoms. The van der Waals surface area contributed by atoms with Gasteiger partial charge in [-0.1, -0.05) is 0 Å². The molecule has 0 radical (unpaired) electrons. The fourth-order valence-corrected chi connectivity index (χ4v) is 1.87. The lowest BCUT2D eigenvalue weighted by atomic mass is 10.1. The van der Waals surface area contributed by atoms with E-state index in [4.69, 9.17) is 5.84 Å². The first-order chi connectivity index (χ1) is 9.92. The quantitative estimate of drug-likeness (QED) is 0.440. The van der Waals surface area contributed by atoms with E-state index in [0.717, 1.165) is 5.69 Å². The molecule has 0 fully saturated rings. The summed E-state index contributed by atoms with van der Waals surface area (Å²) < 4.78 is 1.53. The Morgan fingerprint density at radius 2 is 2.14 bits per heavy atom. The summed E-state index contributed by atoms with van der Waals surface area (Å²) in [5, 5.41) is 17.6. The van der Waals surface area contributed by atoms with E-state index in [1.54, 1.807) is 20.0 Å². The molecule has 1 aromatic carbocycles. The lowest BCUT2D eigenvalue weighted by Crippen LogP contribution is -2.16. The van der Waals surface area contributed by atoms with E-state index in [0.29, 0.717) is 5.82 Å². The van der Waals surface area contributed by atoms with Crippen molar-refractivity contribution in [3.63, 3.8) is 0 Å². The Kier molecular flexibility index (Phi) is 3.85. The summed E-state index contributed by atoms with van der Waals surface area (Å²) in [5.74, 6) is 5.35. The molecule has 4 N–H and O–H groups in total. The largest absolute Gasteiger partial charge is 0.318 e. The van der Waals surface area contributed by atoms with Gasteiger partial charge in [-0.2, -0.15) is 5.10 Å². The summed E-state index contributed by atoms with van der Waals surface area (Å²) in [6.45, 7) is 1.80. The molecule has 1 amide bonds. The number of nitrogens with two attached hydrogens (primary N) is 1. The van der Waals surface area contributed by atoms with E-state index >= 15 is 0 Å². The molecule has 0 aliphatic heterocycles. The molecule has 1 heterocycles. The highest BCUT2D eigenvalue weighted by atomic mass is 16.6. The lowest BCUT2D eigenvalue weighted by molar-refractivity contribution is -0.384. The number of hydrogen-bond donors (Lipinski definition) is 3. The van der Waals surface area contributed by atoms with Crippen LogP contribution < -0.4 is 16.6 Å². The van der Waals surface area contributed by atoms with Crippen LogP contribution in [0.5, 0.6) is 0 Å². The second-order valence-electron chi connectivity index (χ2n) is 4.38. The van der Waals surface area contributed by atoms with Crippen LogP contribution in [-0.2, 0) is 7.05 Å². The highest BCUT2D eigenvalue weighted by molar-refractivity contribution is 6.04. The molecule has 1 aromatic heterocycles. The van der Waals surface area contributed by atoms with Gasteiger partial charge in [-0.25, -0.2) is 0 Å². The number of aryl methyl sites for hydroxylation is 2. The number of nitrogens with zero attached hydrogens (tertiary/aromatic N) is 3. The summed E-state index contributed by atoms with van der Waals surface area (Å²) >= 11 is 0. The van der Waals surface area contributed by atoms with Crippen LogP contribution in [0.2, 0.25) is 0 Å². The smallest absolute Gasteiger partial charge is 0.293 e. The van der Waals surface area contributed by atoms with Gasteiger partial charge in [0, 0.05) is 24.7 Å². The highest BCUT2D eigenvalue weighted by Gasteiger charge is 2.17. The lowest BCUT2D eigenvalue weighted by Gasteiger charge is -2.07. The molecule has 0 saturated heterocycles.